The quantitative estimate of drug-likeness (QED) is 0.840. The number of nitrogens with one attached hydrogen (secondary N) is 2. The van der Waals surface area contributed by atoms with Gasteiger partial charge in [0.1, 0.15) is 0 Å². The first-order valence-electron chi connectivity index (χ1n) is 8.14. The van der Waals surface area contributed by atoms with E-state index in [2.05, 4.69) is 27.0 Å². The summed E-state index contributed by atoms with van der Waals surface area (Å²) in [6.07, 6.45) is 3.08. The molecule has 6 nitrogen and oxygen atoms in total. The Labute approximate surface area is 137 Å². The molecule has 3 aliphatic heterocycles. The number of hydrogen-bond acceptors (Lipinski definition) is 5. The molecule has 1 saturated heterocycles. The molecule has 0 bridgehead atoms. The van der Waals surface area contributed by atoms with Gasteiger partial charge in [-0.05, 0) is 56.1 Å². The zero-order valence-electron chi connectivity index (χ0n) is 13.3. The molecule has 1 aromatic rings. The zero-order valence-corrected chi connectivity index (χ0v) is 14.1. The van der Waals surface area contributed by atoms with Crippen molar-refractivity contribution >= 4 is 15.7 Å². The minimum atomic E-state index is -3.49. The molecule has 0 amide bonds. The van der Waals surface area contributed by atoms with Gasteiger partial charge in [-0.3, -0.25) is 9.89 Å². The van der Waals surface area contributed by atoms with Crippen molar-refractivity contribution in [3.63, 3.8) is 0 Å². The second-order valence-corrected chi connectivity index (χ2v) is 8.35. The molecule has 2 N–H and O–H groups in total. The average Bonchev–Trinajstić information content (AvgIpc) is 3.15. The van der Waals surface area contributed by atoms with Gasteiger partial charge in [0.05, 0.1) is 17.2 Å². The highest BCUT2D eigenvalue weighted by Gasteiger charge is 2.52. The van der Waals surface area contributed by atoms with E-state index < -0.39 is 10.0 Å². The Hall–Kier alpha value is -1.28. The lowest BCUT2D eigenvalue weighted by atomic mass is 10.0. The molecule has 23 heavy (non-hydrogen) atoms. The molecule has 1 aromatic carbocycles. The Kier molecular flexibility index (Phi) is 3.57. The van der Waals surface area contributed by atoms with Crippen LogP contribution >= 0.6 is 0 Å². The number of rotatable bonds is 4. The summed E-state index contributed by atoms with van der Waals surface area (Å²) in [7, 11) is -1.44. The Morgan fingerprint density at radius 1 is 1.39 bits per heavy atom. The lowest BCUT2D eigenvalue weighted by Crippen LogP contribution is -2.38. The molecule has 4 rings (SSSR count). The molecule has 1 unspecified atom stereocenters. The number of likely N-dealkylation sites (tertiary alicyclic amines) is 1. The molecule has 7 heteroatoms. The van der Waals surface area contributed by atoms with Gasteiger partial charge in [-0.2, -0.15) is 0 Å². The highest BCUT2D eigenvalue weighted by atomic mass is 32.2. The van der Waals surface area contributed by atoms with Gasteiger partial charge in [-0.15, -0.1) is 0 Å². The van der Waals surface area contributed by atoms with E-state index in [1.165, 1.54) is 5.56 Å². The zero-order chi connectivity index (χ0) is 16.1. The number of nitrogens with zero attached hydrogens (tertiary/aromatic N) is 2. The fourth-order valence-corrected chi connectivity index (χ4v) is 4.73. The number of benzene rings is 1. The lowest BCUT2D eigenvalue weighted by molar-refractivity contribution is 0.301. The number of sulfonamides is 1. The van der Waals surface area contributed by atoms with Crippen LogP contribution in [-0.2, 0) is 23.0 Å². The summed E-state index contributed by atoms with van der Waals surface area (Å²) in [5, 5.41) is 3.28. The first-order chi connectivity index (χ1) is 11.0. The SMILES string of the molecule is CN1CCCC12N=C2CNS(=O)(=O)c1ccc2c(c1)CNCC2. The van der Waals surface area contributed by atoms with Crippen LogP contribution in [0.1, 0.15) is 24.0 Å². The molecule has 1 fully saturated rings. The molecule has 3 aliphatic rings. The Balaban J connectivity index is 1.45. The smallest absolute Gasteiger partial charge is 0.240 e. The van der Waals surface area contributed by atoms with E-state index in [0.29, 0.717) is 11.4 Å². The van der Waals surface area contributed by atoms with Crippen molar-refractivity contribution in [1.29, 1.82) is 0 Å². The van der Waals surface area contributed by atoms with Gasteiger partial charge < -0.3 is 5.32 Å². The largest absolute Gasteiger partial charge is 0.312 e. The molecule has 124 valence electrons. The third-order valence-electron chi connectivity index (χ3n) is 5.19. The summed E-state index contributed by atoms with van der Waals surface area (Å²) >= 11 is 0. The molecule has 0 aliphatic carbocycles. The summed E-state index contributed by atoms with van der Waals surface area (Å²) in [5.74, 6) is 0. The van der Waals surface area contributed by atoms with Crippen molar-refractivity contribution in [2.75, 3.05) is 26.7 Å². The van der Waals surface area contributed by atoms with E-state index in [-0.39, 0.29) is 5.66 Å². The summed E-state index contributed by atoms with van der Waals surface area (Å²) in [4.78, 5) is 7.09. The first-order valence-corrected chi connectivity index (χ1v) is 9.62. The van der Waals surface area contributed by atoms with Crippen LogP contribution in [0, 0.1) is 0 Å². The topological polar surface area (TPSA) is 73.8 Å². The highest BCUT2D eigenvalue weighted by molar-refractivity contribution is 7.89. The molecular formula is C16H22N4O2S. The first kappa shape index (κ1) is 15.3. The molecule has 0 aromatic heterocycles. The molecular weight excluding hydrogens is 312 g/mol. The van der Waals surface area contributed by atoms with E-state index in [1.54, 1.807) is 12.1 Å². The number of aliphatic imine (C=N–C) groups is 1. The fourth-order valence-electron chi connectivity index (χ4n) is 3.69. The maximum absolute atomic E-state index is 12.5. The van der Waals surface area contributed by atoms with E-state index >= 15 is 0 Å². The third-order valence-corrected chi connectivity index (χ3v) is 6.59. The van der Waals surface area contributed by atoms with Crippen LogP contribution < -0.4 is 10.0 Å². The van der Waals surface area contributed by atoms with Crippen molar-refractivity contribution < 1.29 is 8.42 Å². The Bertz CT molecular complexity index is 774. The predicted molar refractivity (Wildman–Crippen MR) is 89.1 cm³/mol. The predicted octanol–water partition coefficient (Wildman–Crippen LogP) is 0.487. The number of hydrogen-bond donors (Lipinski definition) is 2. The summed E-state index contributed by atoms with van der Waals surface area (Å²) in [6.45, 7) is 3.02. The van der Waals surface area contributed by atoms with Crippen LogP contribution in [-0.4, -0.2) is 51.4 Å². The van der Waals surface area contributed by atoms with Crippen LogP contribution in [0.3, 0.4) is 0 Å². The molecule has 0 radical (unpaired) electrons. The second kappa shape index (κ2) is 5.37. The monoisotopic (exact) mass is 334 g/mol. The van der Waals surface area contributed by atoms with Crippen molar-refractivity contribution in [3.05, 3.63) is 29.3 Å². The van der Waals surface area contributed by atoms with Crippen LogP contribution in [0.15, 0.2) is 28.1 Å². The minimum absolute atomic E-state index is 0.178. The minimum Gasteiger partial charge on any atom is -0.312 e. The highest BCUT2D eigenvalue weighted by Crippen LogP contribution is 2.40. The van der Waals surface area contributed by atoms with E-state index in [0.717, 1.165) is 50.2 Å². The Morgan fingerprint density at radius 2 is 2.26 bits per heavy atom. The summed E-state index contributed by atoms with van der Waals surface area (Å²) < 4.78 is 27.8. The number of fused-ring (bicyclic) bond motifs is 1. The lowest BCUT2D eigenvalue weighted by Gasteiger charge is -2.19. The van der Waals surface area contributed by atoms with E-state index in [4.69, 9.17) is 0 Å². The second-order valence-electron chi connectivity index (χ2n) is 6.58. The van der Waals surface area contributed by atoms with Crippen molar-refractivity contribution in [2.45, 2.75) is 36.4 Å². The molecule has 3 heterocycles. The summed E-state index contributed by atoms with van der Waals surface area (Å²) in [6, 6.07) is 5.43. The third kappa shape index (κ3) is 2.61. The van der Waals surface area contributed by atoms with Crippen molar-refractivity contribution in [3.8, 4) is 0 Å². The van der Waals surface area contributed by atoms with Gasteiger partial charge in [-0.1, -0.05) is 6.07 Å². The molecule has 1 spiro atoms. The van der Waals surface area contributed by atoms with Crippen molar-refractivity contribution in [2.24, 2.45) is 4.99 Å². The van der Waals surface area contributed by atoms with E-state index in [9.17, 15) is 8.42 Å². The van der Waals surface area contributed by atoms with Crippen molar-refractivity contribution in [1.82, 2.24) is 14.9 Å². The van der Waals surface area contributed by atoms with Crippen LogP contribution in [0.4, 0.5) is 0 Å². The van der Waals surface area contributed by atoms with E-state index in [1.807, 2.05) is 6.07 Å². The Morgan fingerprint density at radius 3 is 3.04 bits per heavy atom. The maximum Gasteiger partial charge on any atom is 0.240 e. The molecule has 0 saturated carbocycles. The standard InChI is InChI=1S/C16H22N4O2S/c1-20-8-2-6-16(20)15(19-16)11-18-23(21,22)14-4-3-12-5-7-17-10-13(12)9-14/h3-4,9,17-18H,2,5-8,10-11H2,1H3. The average molecular weight is 334 g/mol. The van der Waals surface area contributed by atoms with Crippen LogP contribution in [0.25, 0.3) is 0 Å². The molecule has 1 atom stereocenters. The van der Waals surface area contributed by atoms with Gasteiger partial charge in [0.25, 0.3) is 0 Å². The maximum atomic E-state index is 12.5. The van der Waals surface area contributed by atoms with Gasteiger partial charge in [0.2, 0.25) is 10.0 Å². The van der Waals surface area contributed by atoms with Gasteiger partial charge in [0, 0.05) is 13.1 Å². The van der Waals surface area contributed by atoms with Gasteiger partial charge >= 0.3 is 0 Å². The summed E-state index contributed by atoms with van der Waals surface area (Å²) in [5.41, 5.74) is 3.10. The van der Waals surface area contributed by atoms with Gasteiger partial charge in [-0.25, -0.2) is 13.1 Å². The van der Waals surface area contributed by atoms with Crippen LogP contribution in [0.2, 0.25) is 0 Å². The normalized spacial score (nSPS) is 27.1. The van der Waals surface area contributed by atoms with Crippen LogP contribution in [0.5, 0.6) is 0 Å². The van der Waals surface area contributed by atoms with Gasteiger partial charge in [0.15, 0.2) is 5.66 Å². The fraction of sp³-hybridized carbons (Fsp3) is 0.562.